The number of primary amides is 1. The molecule has 124 valence electrons. The maximum atomic E-state index is 11.3. The molecule has 0 saturated heterocycles. The molecule has 0 saturated carbocycles. The number of anilines is 2. The summed E-state index contributed by atoms with van der Waals surface area (Å²) in [5, 5.41) is 14.0. The molecule has 0 fully saturated rings. The summed E-state index contributed by atoms with van der Waals surface area (Å²) in [6.07, 6.45) is 9.89. The summed E-state index contributed by atoms with van der Waals surface area (Å²) in [6, 6.07) is 0. The van der Waals surface area contributed by atoms with Gasteiger partial charge in [-0.1, -0.05) is 44.1 Å². The van der Waals surface area contributed by atoms with Gasteiger partial charge in [0.05, 0.1) is 12.4 Å². The molecule has 9 nitrogen and oxygen atoms in total. The number of unbranched alkanes of at least 4 members (excludes halogenated alkanes) is 5. The topological polar surface area (TPSA) is 127 Å². The van der Waals surface area contributed by atoms with Crippen LogP contribution in [0.2, 0.25) is 0 Å². The molecular weight excluding hydrogens is 296 g/mol. The molecule has 2 rings (SSSR count). The number of aromatic nitrogens is 6. The second kappa shape index (κ2) is 8.76. The van der Waals surface area contributed by atoms with E-state index in [4.69, 9.17) is 5.73 Å². The van der Waals surface area contributed by atoms with E-state index in [1.807, 2.05) is 0 Å². The van der Waals surface area contributed by atoms with Crippen molar-refractivity contribution in [2.75, 3.05) is 11.4 Å². The molecule has 0 atom stereocenters. The van der Waals surface area contributed by atoms with Gasteiger partial charge in [-0.05, 0) is 11.6 Å². The smallest absolute Gasteiger partial charge is 0.271 e. The lowest BCUT2D eigenvalue weighted by atomic mass is 10.1. The largest absolute Gasteiger partial charge is 0.364 e. The van der Waals surface area contributed by atoms with E-state index in [0.717, 1.165) is 12.8 Å². The fourth-order valence-electron chi connectivity index (χ4n) is 2.24. The zero-order chi connectivity index (χ0) is 16.5. The van der Waals surface area contributed by atoms with Gasteiger partial charge in [0.2, 0.25) is 0 Å². The molecule has 9 heteroatoms. The lowest BCUT2D eigenvalue weighted by Gasteiger charge is -2.19. The van der Waals surface area contributed by atoms with Crippen molar-refractivity contribution in [1.29, 1.82) is 0 Å². The highest BCUT2D eigenvalue weighted by molar-refractivity contribution is 5.90. The minimum Gasteiger partial charge on any atom is -0.364 e. The minimum atomic E-state index is -0.619. The average Bonchev–Trinajstić information content (AvgIpc) is 3.08. The molecule has 0 radical (unpaired) electrons. The number of nitrogens with two attached hydrogens (primary N) is 1. The number of rotatable bonds is 10. The molecule has 0 aliphatic rings. The summed E-state index contributed by atoms with van der Waals surface area (Å²) in [5.74, 6) is 0.262. The number of hydrogen-bond donors (Lipinski definition) is 2. The molecular formula is C14H22N8O. The summed E-state index contributed by atoms with van der Waals surface area (Å²) >= 11 is 0. The number of amides is 1. The van der Waals surface area contributed by atoms with Gasteiger partial charge in [-0.15, -0.1) is 5.10 Å². The van der Waals surface area contributed by atoms with Gasteiger partial charge in [0.15, 0.2) is 5.82 Å². The van der Waals surface area contributed by atoms with Crippen LogP contribution >= 0.6 is 0 Å². The molecule has 0 bridgehead atoms. The van der Waals surface area contributed by atoms with E-state index in [1.165, 1.54) is 31.9 Å². The molecule has 1 amide bonds. The summed E-state index contributed by atoms with van der Waals surface area (Å²) < 4.78 is 0. The van der Waals surface area contributed by atoms with Crippen LogP contribution in [0.5, 0.6) is 0 Å². The van der Waals surface area contributed by atoms with Gasteiger partial charge in [0.1, 0.15) is 5.69 Å². The van der Waals surface area contributed by atoms with E-state index < -0.39 is 5.91 Å². The lowest BCUT2D eigenvalue weighted by Crippen LogP contribution is -2.23. The Hall–Kier alpha value is -2.58. The lowest BCUT2D eigenvalue weighted by molar-refractivity contribution is 0.0995. The molecule has 3 N–H and O–H groups in total. The predicted octanol–water partition coefficient (Wildman–Crippen LogP) is 1.59. The number of aromatic amines is 1. The van der Waals surface area contributed by atoms with Crippen LogP contribution in [0.1, 0.15) is 55.9 Å². The number of carbonyl (C=O) groups excluding carboxylic acids is 1. The van der Waals surface area contributed by atoms with Crippen LogP contribution in [0.15, 0.2) is 12.4 Å². The molecule has 23 heavy (non-hydrogen) atoms. The number of hydrogen-bond acceptors (Lipinski definition) is 7. The zero-order valence-electron chi connectivity index (χ0n) is 13.3. The molecule has 2 aromatic heterocycles. The molecule has 0 unspecified atom stereocenters. The van der Waals surface area contributed by atoms with E-state index in [2.05, 4.69) is 37.5 Å². The predicted molar refractivity (Wildman–Crippen MR) is 85.1 cm³/mol. The van der Waals surface area contributed by atoms with Gasteiger partial charge >= 0.3 is 0 Å². The van der Waals surface area contributed by atoms with Crippen LogP contribution in [-0.4, -0.2) is 43.0 Å². The first-order valence-electron chi connectivity index (χ1n) is 7.85. The third-order valence-electron chi connectivity index (χ3n) is 3.46. The molecule has 2 aromatic rings. The Bertz CT molecular complexity index is 601. The summed E-state index contributed by atoms with van der Waals surface area (Å²) in [4.78, 5) is 21.3. The molecule has 2 heterocycles. The Labute approximate surface area is 134 Å². The van der Waals surface area contributed by atoms with Gasteiger partial charge in [-0.2, -0.15) is 5.21 Å². The Kier molecular flexibility index (Phi) is 6.40. The Morgan fingerprint density at radius 3 is 2.70 bits per heavy atom. The van der Waals surface area contributed by atoms with E-state index in [0.29, 0.717) is 18.3 Å². The van der Waals surface area contributed by atoms with E-state index >= 15 is 0 Å². The number of nitrogens with one attached hydrogen (secondary N) is 1. The van der Waals surface area contributed by atoms with Crippen molar-refractivity contribution in [3.8, 4) is 0 Å². The van der Waals surface area contributed by atoms with Crippen LogP contribution in [0.3, 0.4) is 0 Å². The van der Waals surface area contributed by atoms with Crippen LogP contribution in [0, 0.1) is 0 Å². The van der Waals surface area contributed by atoms with E-state index in [1.54, 1.807) is 11.1 Å². The molecule has 0 aliphatic carbocycles. The molecule has 0 aliphatic heterocycles. The van der Waals surface area contributed by atoms with Crippen LogP contribution in [-0.2, 0) is 0 Å². The van der Waals surface area contributed by atoms with E-state index in [9.17, 15) is 4.79 Å². The van der Waals surface area contributed by atoms with Gasteiger partial charge in [-0.25, -0.2) is 4.98 Å². The van der Waals surface area contributed by atoms with Crippen LogP contribution in [0.25, 0.3) is 0 Å². The second-order valence-electron chi connectivity index (χ2n) is 5.26. The maximum absolute atomic E-state index is 11.3. The second-order valence-corrected chi connectivity index (χ2v) is 5.26. The van der Waals surface area contributed by atoms with Crippen molar-refractivity contribution >= 4 is 17.7 Å². The quantitative estimate of drug-likeness (QED) is 0.637. The Morgan fingerprint density at radius 1 is 1.22 bits per heavy atom. The first-order valence-corrected chi connectivity index (χ1v) is 7.85. The SMILES string of the molecule is CCCCCCCCN(c1cncc(C(N)=O)n1)c1nn[nH]n1. The third kappa shape index (κ3) is 4.97. The monoisotopic (exact) mass is 318 g/mol. The van der Waals surface area contributed by atoms with Crippen LogP contribution < -0.4 is 10.6 Å². The normalized spacial score (nSPS) is 10.7. The van der Waals surface area contributed by atoms with Crippen molar-refractivity contribution in [3.05, 3.63) is 18.1 Å². The number of carbonyl (C=O) groups is 1. The highest BCUT2D eigenvalue weighted by Crippen LogP contribution is 2.19. The Morgan fingerprint density at radius 2 is 2.00 bits per heavy atom. The van der Waals surface area contributed by atoms with Crippen molar-refractivity contribution in [2.45, 2.75) is 45.4 Å². The standard InChI is InChI=1S/C14H22N8O/c1-2-3-4-5-6-7-8-22(14-18-20-21-19-14)12-10-16-9-11(17-12)13(15)23/h9-10H,2-8H2,1H3,(H2,15,23)(H,18,19,20,21). The van der Waals surface area contributed by atoms with Crippen molar-refractivity contribution < 1.29 is 4.79 Å². The summed E-state index contributed by atoms with van der Waals surface area (Å²) in [7, 11) is 0. The van der Waals surface area contributed by atoms with Crippen molar-refractivity contribution in [3.63, 3.8) is 0 Å². The average molecular weight is 318 g/mol. The molecule has 0 spiro atoms. The first-order chi connectivity index (χ1) is 11.2. The number of nitrogens with zero attached hydrogens (tertiary/aromatic N) is 6. The fourth-order valence-corrected chi connectivity index (χ4v) is 2.24. The highest BCUT2D eigenvalue weighted by Gasteiger charge is 2.16. The summed E-state index contributed by atoms with van der Waals surface area (Å²) in [5.41, 5.74) is 5.37. The Balaban J connectivity index is 2.03. The van der Waals surface area contributed by atoms with Gasteiger partial charge in [0, 0.05) is 6.54 Å². The highest BCUT2D eigenvalue weighted by atomic mass is 16.1. The maximum Gasteiger partial charge on any atom is 0.271 e. The zero-order valence-corrected chi connectivity index (χ0v) is 13.3. The first kappa shape index (κ1) is 16.8. The fraction of sp³-hybridized carbons (Fsp3) is 0.571. The number of H-pyrrole nitrogens is 1. The van der Waals surface area contributed by atoms with E-state index in [-0.39, 0.29) is 5.69 Å². The van der Waals surface area contributed by atoms with Crippen molar-refractivity contribution in [1.82, 2.24) is 30.6 Å². The van der Waals surface area contributed by atoms with Gasteiger partial charge < -0.3 is 5.73 Å². The number of tetrazole rings is 1. The van der Waals surface area contributed by atoms with Gasteiger partial charge in [-0.3, -0.25) is 14.7 Å². The summed E-state index contributed by atoms with van der Waals surface area (Å²) in [6.45, 7) is 2.87. The van der Waals surface area contributed by atoms with Crippen LogP contribution in [0.4, 0.5) is 11.8 Å². The molecule has 0 aromatic carbocycles. The minimum absolute atomic E-state index is 0.110. The third-order valence-corrected chi connectivity index (χ3v) is 3.46. The van der Waals surface area contributed by atoms with Crippen molar-refractivity contribution in [2.24, 2.45) is 5.73 Å². The van der Waals surface area contributed by atoms with Gasteiger partial charge in [0.25, 0.3) is 11.9 Å².